The van der Waals surface area contributed by atoms with Crippen LogP contribution in [-0.4, -0.2) is 44.2 Å². The molecule has 0 aromatic carbocycles. The molecule has 26 heavy (non-hydrogen) atoms. The van der Waals surface area contributed by atoms with Gasteiger partial charge in [0.25, 0.3) is 5.91 Å². The van der Waals surface area contributed by atoms with Crippen molar-refractivity contribution in [1.82, 2.24) is 19.9 Å². The van der Waals surface area contributed by atoms with Gasteiger partial charge in [0.05, 0.1) is 6.20 Å². The van der Waals surface area contributed by atoms with Gasteiger partial charge in [0.15, 0.2) is 11.5 Å². The van der Waals surface area contributed by atoms with Crippen molar-refractivity contribution >= 4 is 11.9 Å². The number of alkyl halides is 3. The number of nitrogens with one attached hydrogen (secondary N) is 1. The molecule has 2 N–H and O–H groups in total. The van der Waals surface area contributed by atoms with Gasteiger partial charge in [-0.05, 0) is 6.92 Å². The Morgan fingerprint density at radius 2 is 1.88 bits per heavy atom. The average Bonchev–Trinajstić information content (AvgIpc) is 2.92. The third kappa shape index (κ3) is 6.45. The van der Waals surface area contributed by atoms with Crippen LogP contribution in [0, 0.1) is 18.6 Å². The molecule has 0 saturated carbocycles. The van der Waals surface area contributed by atoms with Crippen LogP contribution in [0.25, 0.3) is 0 Å². The minimum Gasteiger partial charge on any atom is -0.475 e. The molecule has 0 aliphatic carbocycles. The Hall–Kier alpha value is -3.05. The van der Waals surface area contributed by atoms with Gasteiger partial charge in [-0.25, -0.2) is 23.5 Å². The third-order valence-corrected chi connectivity index (χ3v) is 2.83. The maximum absolute atomic E-state index is 13.3. The molecule has 0 unspecified atom stereocenters. The molecule has 0 bridgehead atoms. The van der Waals surface area contributed by atoms with E-state index in [4.69, 9.17) is 9.90 Å². The number of aliphatic carboxylic acids is 1. The monoisotopic (exact) mass is 380 g/mol. The van der Waals surface area contributed by atoms with Crippen LogP contribution in [0.1, 0.15) is 16.3 Å². The van der Waals surface area contributed by atoms with Crippen molar-refractivity contribution in [1.29, 1.82) is 0 Å². The summed E-state index contributed by atoms with van der Waals surface area (Å²) in [6.07, 6.45) is -0.853. The Morgan fingerprint density at radius 3 is 2.35 bits per heavy atom. The van der Waals surface area contributed by atoms with Gasteiger partial charge in [0.1, 0.15) is 11.6 Å². The summed E-state index contributed by atoms with van der Waals surface area (Å²) in [6, 6.07) is 0.627. The van der Waals surface area contributed by atoms with Gasteiger partial charge in [-0.15, -0.1) is 0 Å². The number of nitrogens with zero attached hydrogens (tertiary/aromatic N) is 3. The van der Waals surface area contributed by atoms with E-state index in [2.05, 4.69) is 15.3 Å². The molecule has 0 spiro atoms. The van der Waals surface area contributed by atoms with E-state index in [1.807, 2.05) is 11.5 Å². The molecule has 142 valence electrons. The van der Waals surface area contributed by atoms with Crippen molar-refractivity contribution < 1.29 is 36.6 Å². The first-order valence-electron chi connectivity index (χ1n) is 6.89. The van der Waals surface area contributed by atoms with Crippen molar-refractivity contribution in [3.63, 3.8) is 0 Å². The zero-order valence-electron chi connectivity index (χ0n) is 13.2. The van der Waals surface area contributed by atoms with Crippen molar-refractivity contribution in [3.05, 3.63) is 47.8 Å². The molecule has 1 amide bonds. The number of carbonyl (C=O) groups is 2. The lowest BCUT2D eigenvalue weighted by molar-refractivity contribution is -0.192. The lowest BCUT2D eigenvalue weighted by atomic mass is 10.3. The summed E-state index contributed by atoms with van der Waals surface area (Å²) in [5.74, 6) is -4.40. The van der Waals surface area contributed by atoms with Crippen LogP contribution < -0.4 is 5.32 Å². The highest BCUT2D eigenvalue weighted by Gasteiger charge is 2.38. The highest BCUT2D eigenvalue weighted by atomic mass is 19.4. The quantitative estimate of drug-likeness (QED) is 0.790. The topological polar surface area (TPSA) is 97.1 Å². The summed E-state index contributed by atoms with van der Waals surface area (Å²) < 4.78 is 59.5. The van der Waals surface area contributed by atoms with Crippen molar-refractivity contribution in [2.24, 2.45) is 0 Å². The highest BCUT2D eigenvalue weighted by molar-refractivity contribution is 5.92. The number of carboxylic acids is 1. The molecule has 0 atom stereocenters. The van der Waals surface area contributed by atoms with Crippen molar-refractivity contribution in [2.75, 3.05) is 6.54 Å². The van der Waals surface area contributed by atoms with E-state index in [-0.39, 0.29) is 0 Å². The van der Waals surface area contributed by atoms with Crippen LogP contribution >= 0.6 is 0 Å². The molecular weight excluding hydrogens is 367 g/mol. The fourth-order valence-electron chi connectivity index (χ4n) is 1.60. The van der Waals surface area contributed by atoms with E-state index >= 15 is 0 Å². The fraction of sp³-hybridized carbons (Fsp3) is 0.286. The number of pyridine rings is 1. The zero-order chi connectivity index (χ0) is 19.9. The molecule has 2 rings (SSSR count). The van der Waals surface area contributed by atoms with Crippen LogP contribution in [0.15, 0.2) is 24.7 Å². The summed E-state index contributed by atoms with van der Waals surface area (Å²) in [5, 5.41) is 9.64. The molecule has 0 fully saturated rings. The fourth-order valence-corrected chi connectivity index (χ4v) is 1.60. The lowest BCUT2D eigenvalue weighted by Crippen LogP contribution is -2.29. The van der Waals surface area contributed by atoms with Gasteiger partial charge in [-0.1, -0.05) is 0 Å². The predicted octanol–water partition coefficient (Wildman–Crippen LogP) is 1.93. The second-order valence-corrected chi connectivity index (χ2v) is 4.71. The number of aryl methyl sites for hydroxylation is 1. The molecule has 12 heteroatoms. The number of amides is 1. The maximum Gasteiger partial charge on any atom is 0.490 e. The summed E-state index contributed by atoms with van der Waals surface area (Å²) in [4.78, 5) is 28.0. The Bertz CT molecular complexity index is 776. The molecule has 2 heterocycles. The second kappa shape index (κ2) is 8.87. The Morgan fingerprint density at radius 1 is 1.27 bits per heavy atom. The zero-order valence-corrected chi connectivity index (χ0v) is 13.2. The molecule has 0 aliphatic heterocycles. The van der Waals surface area contributed by atoms with Crippen LogP contribution in [0.5, 0.6) is 0 Å². The molecule has 0 saturated heterocycles. The number of aromatic nitrogens is 3. The molecule has 0 aliphatic rings. The van der Waals surface area contributed by atoms with Crippen molar-refractivity contribution in [3.8, 4) is 0 Å². The molecule has 0 radical (unpaired) electrons. The molecular formula is C14H13F5N4O3. The van der Waals surface area contributed by atoms with Crippen LogP contribution in [-0.2, 0) is 11.3 Å². The summed E-state index contributed by atoms with van der Waals surface area (Å²) in [6.45, 7) is 2.65. The maximum atomic E-state index is 13.3. The van der Waals surface area contributed by atoms with Gasteiger partial charge >= 0.3 is 12.1 Å². The van der Waals surface area contributed by atoms with E-state index in [0.29, 0.717) is 19.2 Å². The van der Waals surface area contributed by atoms with Crippen molar-refractivity contribution in [2.45, 2.75) is 19.6 Å². The third-order valence-electron chi connectivity index (χ3n) is 2.83. The van der Waals surface area contributed by atoms with Gasteiger partial charge in [0.2, 0.25) is 0 Å². The van der Waals surface area contributed by atoms with Crippen LogP contribution in [0.3, 0.4) is 0 Å². The number of hydrogen-bond acceptors (Lipinski definition) is 4. The standard InChI is InChI=1S/C12H12F2N4O.C2HF3O2/c1-8-15-2-4-18(8)5-3-16-12(19)11-10(14)6-9(13)7-17-11;3-2(4,5)1(6)7/h2,4,6-7H,3,5H2,1H3,(H,16,19);(H,6,7). The first-order chi connectivity index (χ1) is 12.0. The SMILES string of the molecule is Cc1nccn1CCNC(=O)c1ncc(F)cc1F.O=C(O)C(F)(F)F. The first kappa shape index (κ1) is 21.0. The Kier molecular flexibility index (Phi) is 7.16. The molecule has 2 aromatic rings. The predicted molar refractivity (Wildman–Crippen MR) is 77.1 cm³/mol. The average molecular weight is 380 g/mol. The largest absolute Gasteiger partial charge is 0.490 e. The summed E-state index contributed by atoms with van der Waals surface area (Å²) in [5.41, 5.74) is -0.413. The number of rotatable bonds is 4. The number of carbonyl (C=O) groups excluding carboxylic acids is 1. The van der Waals surface area contributed by atoms with E-state index in [1.54, 1.807) is 12.4 Å². The lowest BCUT2D eigenvalue weighted by Gasteiger charge is -2.07. The molecule has 7 nitrogen and oxygen atoms in total. The number of halogens is 5. The first-order valence-corrected chi connectivity index (χ1v) is 6.89. The van der Waals surface area contributed by atoms with E-state index < -0.39 is 35.4 Å². The molecule has 2 aromatic heterocycles. The normalized spacial score (nSPS) is 10.7. The number of carboxylic acid groups (broad SMARTS) is 1. The van der Waals surface area contributed by atoms with Gasteiger partial charge in [-0.2, -0.15) is 13.2 Å². The summed E-state index contributed by atoms with van der Waals surface area (Å²) >= 11 is 0. The Labute approximate surface area is 143 Å². The van der Waals surface area contributed by atoms with E-state index in [1.165, 1.54) is 0 Å². The highest BCUT2D eigenvalue weighted by Crippen LogP contribution is 2.13. The van der Waals surface area contributed by atoms with E-state index in [9.17, 15) is 26.7 Å². The van der Waals surface area contributed by atoms with Gasteiger partial charge in [0, 0.05) is 31.5 Å². The summed E-state index contributed by atoms with van der Waals surface area (Å²) in [7, 11) is 0. The smallest absolute Gasteiger partial charge is 0.475 e. The van der Waals surface area contributed by atoms with Crippen LogP contribution in [0.2, 0.25) is 0 Å². The minimum atomic E-state index is -5.08. The Balaban J connectivity index is 0.000000412. The number of imidazole rings is 1. The van der Waals surface area contributed by atoms with Gasteiger partial charge < -0.3 is 15.0 Å². The minimum absolute atomic E-state index is 0.300. The van der Waals surface area contributed by atoms with Gasteiger partial charge in [-0.3, -0.25) is 4.79 Å². The number of hydrogen-bond donors (Lipinski definition) is 2. The van der Waals surface area contributed by atoms with E-state index in [0.717, 1.165) is 12.0 Å². The van der Waals surface area contributed by atoms with Crippen LogP contribution in [0.4, 0.5) is 22.0 Å². The second-order valence-electron chi connectivity index (χ2n) is 4.71.